The van der Waals surface area contributed by atoms with E-state index in [1.165, 1.54) is 0 Å². The van der Waals surface area contributed by atoms with E-state index in [4.69, 9.17) is 18.6 Å². The van der Waals surface area contributed by atoms with Crippen LogP contribution >= 0.6 is 0 Å². The van der Waals surface area contributed by atoms with Gasteiger partial charge in [0.05, 0.1) is 46.0 Å². The number of aromatic nitrogens is 1. The first-order valence-corrected chi connectivity index (χ1v) is 8.48. The van der Waals surface area contributed by atoms with Crippen LogP contribution in [-0.4, -0.2) is 32.2 Å². The van der Waals surface area contributed by atoms with Gasteiger partial charge in [-0.05, 0) is 24.3 Å². The van der Waals surface area contributed by atoms with Crippen molar-refractivity contribution >= 4 is 17.3 Å². The summed E-state index contributed by atoms with van der Waals surface area (Å²) in [6.45, 7) is 0.305. The van der Waals surface area contributed by atoms with E-state index in [1.54, 1.807) is 70.2 Å². The lowest BCUT2D eigenvalue weighted by Crippen LogP contribution is -2.23. The number of benzene rings is 1. The fourth-order valence-corrected chi connectivity index (χ4v) is 2.59. The number of furan rings is 1. The highest BCUT2D eigenvalue weighted by Crippen LogP contribution is 2.40. The van der Waals surface area contributed by atoms with Gasteiger partial charge in [0.25, 0.3) is 5.91 Å². The minimum atomic E-state index is -0.282. The topological polar surface area (TPSA) is 94.9 Å². The number of pyridine rings is 1. The first-order valence-electron chi connectivity index (χ1n) is 8.48. The Labute approximate surface area is 162 Å². The minimum Gasteiger partial charge on any atom is -0.493 e. The molecule has 1 aromatic carbocycles. The molecule has 8 heteroatoms. The van der Waals surface area contributed by atoms with Gasteiger partial charge in [0.2, 0.25) is 5.75 Å². The number of carbonyl (C=O) groups excluding carboxylic acids is 1. The zero-order valence-corrected chi connectivity index (χ0v) is 15.8. The molecular weight excluding hydrogens is 362 g/mol. The molecule has 0 unspecified atom stereocenters. The molecule has 1 amide bonds. The van der Waals surface area contributed by atoms with Crippen molar-refractivity contribution in [3.05, 3.63) is 60.3 Å². The van der Waals surface area contributed by atoms with E-state index >= 15 is 0 Å². The van der Waals surface area contributed by atoms with Crippen LogP contribution in [0.3, 0.4) is 0 Å². The largest absolute Gasteiger partial charge is 0.493 e. The van der Waals surface area contributed by atoms with Gasteiger partial charge in [-0.25, -0.2) is 4.98 Å². The Morgan fingerprint density at radius 1 is 1.04 bits per heavy atom. The van der Waals surface area contributed by atoms with Crippen LogP contribution in [0.1, 0.15) is 16.2 Å². The minimum absolute atomic E-state index is 0.282. The van der Waals surface area contributed by atoms with E-state index in [1.807, 2.05) is 0 Å². The summed E-state index contributed by atoms with van der Waals surface area (Å²) in [5.41, 5.74) is 1.74. The molecule has 0 bridgehead atoms. The third-order valence-corrected chi connectivity index (χ3v) is 3.95. The molecule has 0 saturated carbocycles. The highest BCUT2D eigenvalue weighted by atomic mass is 16.5. The highest BCUT2D eigenvalue weighted by molar-refractivity contribution is 5.92. The van der Waals surface area contributed by atoms with Gasteiger partial charge in [-0.2, -0.15) is 0 Å². The molecule has 2 N–H and O–H groups in total. The molecular formula is C20H21N3O5. The Bertz CT molecular complexity index is 899. The number of rotatable bonds is 8. The number of hydrogen-bond donors (Lipinski definition) is 2. The fourth-order valence-electron chi connectivity index (χ4n) is 2.59. The van der Waals surface area contributed by atoms with Gasteiger partial charge in [0, 0.05) is 17.8 Å². The predicted molar refractivity (Wildman–Crippen MR) is 103 cm³/mol. The molecule has 2 aromatic heterocycles. The molecule has 146 valence electrons. The maximum Gasteiger partial charge on any atom is 0.270 e. The SMILES string of the molecule is COc1cc(Nc2ccc(C(=O)NCc3ccco3)nc2)cc(OC)c1OC. The van der Waals surface area contributed by atoms with Crippen LogP contribution in [0.5, 0.6) is 17.2 Å². The molecule has 0 atom stereocenters. The Hall–Kier alpha value is -3.68. The lowest BCUT2D eigenvalue weighted by Gasteiger charge is -2.15. The number of anilines is 2. The van der Waals surface area contributed by atoms with Crippen LogP contribution in [0.4, 0.5) is 11.4 Å². The summed E-state index contributed by atoms with van der Waals surface area (Å²) in [5.74, 6) is 1.97. The third kappa shape index (κ3) is 4.35. The number of nitrogens with zero attached hydrogens (tertiary/aromatic N) is 1. The molecule has 28 heavy (non-hydrogen) atoms. The van der Waals surface area contributed by atoms with Gasteiger partial charge < -0.3 is 29.3 Å². The summed E-state index contributed by atoms with van der Waals surface area (Å²) < 4.78 is 21.2. The maximum absolute atomic E-state index is 12.2. The highest BCUT2D eigenvalue weighted by Gasteiger charge is 2.14. The van der Waals surface area contributed by atoms with E-state index in [2.05, 4.69) is 15.6 Å². The van der Waals surface area contributed by atoms with Crippen LogP contribution in [-0.2, 0) is 6.54 Å². The lowest BCUT2D eigenvalue weighted by molar-refractivity contribution is 0.0943. The van der Waals surface area contributed by atoms with Crippen LogP contribution in [0.2, 0.25) is 0 Å². The molecule has 3 aromatic rings. The Balaban J connectivity index is 1.69. The second kappa shape index (κ2) is 8.81. The van der Waals surface area contributed by atoms with Gasteiger partial charge in [0.1, 0.15) is 11.5 Å². The quantitative estimate of drug-likeness (QED) is 0.616. The third-order valence-electron chi connectivity index (χ3n) is 3.95. The van der Waals surface area contributed by atoms with Crippen molar-refractivity contribution < 1.29 is 23.4 Å². The molecule has 0 aliphatic heterocycles. The molecule has 3 rings (SSSR count). The van der Waals surface area contributed by atoms with Gasteiger partial charge in [-0.1, -0.05) is 0 Å². The van der Waals surface area contributed by atoms with E-state index < -0.39 is 0 Å². The van der Waals surface area contributed by atoms with Crippen LogP contribution < -0.4 is 24.8 Å². The molecule has 0 fully saturated rings. The van der Waals surface area contributed by atoms with Crippen molar-refractivity contribution in [2.24, 2.45) is 0 Å². The predicted octanol–water partition coefficient (Wildman–Crippen LogP) is 3.37. The summed E-state index contributed by atoms with van der Waals surface area (Å²) in [7, 11) is 4.66. The molecule has 8 nitrogen and oxygen atoms in total. The normalized spacial score (nSPS) is 10.2. The first kappa shape index (κ1) is 19.1. The van der Waals surface area contributed by atoms with Crippen molar-refractivity contribution in [1.82, 2.24) is 10.3 Å². The number of ether oxygens (including phenoxy) is 3. The monoisotopic (exact) mass is 383 g/mol. The Morgan fingerprint density at radius 2 is 1.79 bits per heavy atom. The Morgan fingerprint density at radius 3 is 2.32 bits per heavy atom. The number of carbonyl (C=O) groups is 1. The molecule has 0 radical (unpaired) electrons. The van der Waals surface area contributed by atoms with E-state index in [0.717, 1.165) is 5.69 Å². The molecule has 2 heterocycles. The number of nitrogens with one attached hydrogen (secondary N) is 2. The number of amides is 1. The second-order valence-electron chi connectivity index (χ2n) is 5.73. The van der Waals surface area contributed by atoms with Crippen LogP contribution in [0.25, 0.3) is 0 Å². The molecule has 0 aliphatic rings. The Kier molecular flexibility index (Phi) is 6.01. The zero-order chi connectivity index (χ0) is 19.9. The summed E-state index contributed by atoms with van der Waals surface area (Å²) in [6.07, 6.45) is 3.13. The summed E-state index contributed by atoms with van der Waals surface area (Å²) in [5, 5.41) is 5.95. The molecule has 0 saturated heterocycles. The van der Waals surface area contributed by atoms with Crippen molar-refractivity contribution in [2.75, 3.05) is 26.6 Å². The number of hydrogen-bond acceptors (Lipinski definition) is 7. The average molecular weight is 383 g/mol. The first-order chi connectivity index (χ1) is 13.6. The van der Waals surface area contributed by atoms with Gasteiger partial charge in [-0.15, -0.1) is 0 Å². The zero-order valence-electron chi connectivity index (χ0n) is 15.8. The average Bonchev–Trinajstić information content (AvgIpc) is 3.25. The van der Waals surface area contributed by atoms with E-state index in [9.17, 15) is 4.79 Å². The van der Waals surface area contributed by atoms with Crippen LogP contribution in [0.15, 0.2) is 53.3 Å². The maximum atomic E-state index is 12.2. The van der Waals surface area contributed by atoms with Crippen molar-refractivity contribution in [1.29, 1.82) is 0 Å². The van der Waals surface area contributed by atoms with E-state index in [-0.39, 0.29) is 5.91 Å². The van der Waals surface area contributed by atoms with Crippen molar-refractivity contribution in [3.8, 4) is 17.2 Å². The molecule has 0 spiro atoms. The summed E-state index contributed by atoms with van der Waals surface area (Å²) in [4.78, 5) is 16.4. The fraction of sp³-hybridized carbons (Fsp3) is 0.200. The van der Waals surface area contributed by atoms with Crippen molar-refractivity contribution in [3.63, 3.8) is 0 Å². The van der Waals surface area contributed by atoms with E-state index in [0.29, 0.717) is 40.9 Å². The second-order valence-corrected chi connectivity index (χ2v) is 5.73. The molecule has 0 aliphatic carbocycles. The summed E-state index contributed by atoms with van der Waals surface area (Å²) >= 11 is 0. The van der Waals surface area contributed by atoms with Gasteiger partial charge in [0.15, 0.2) is 11.5 Å². The van der Waals surface area contributed by atoms with Gasteiger partial charge >= 0.3 is 0 Å². The summed E-state index contributed by atoms with van der Waals surface area (Å²) in [6, 6.07) is 10.5. The van der Waals surface area contributed by atoms with Crippen LogP contribution in [0, 0.1) is 0 Å². The van der Waals surface area contributed by atoms with Crippen molar-refractivity contribution in [2.45, 2.75) is 6.54 Å². The number of methoxy groups -OCH3 is 3. The van der Waals surface area contributed by atoms with Gasteiger partial charge in [-0.3, -0.25) is 4.79 Å². The lowest BCUT2D eigenvalue weighted by atomic mass is 10.2. The standard InChI is InChI=1S/C20H21N3O5/c1-25-17-9-14(10-18(26-2)19(17)27-3)23-13-6-7-16(21-11-13)20(24)22-12-15-5-4-8-28-15/h4-11,23H,12H2,1-3H3,(H,22,24). The smallest absolute Gasteiger partial charge is 0.270 e.